The van der Waals surface area contributed by atoms with Crippen LogP contribution in [0.25, 0.3) is 11.0 Å². The summed E-state index contributed by atoms with van der Waals surface area (Å²) in [6.07, 6.45) is 3.19. The molecule has 0 amide bonds. The summed E-state index contributed by atoms with van der Waals surface area (Å²) in [7, 11) is 0. The second-order valence-electron chi connectivity index (χ2n) is 4.84. The van der Waals surface area contributed by atoms with Gasteiger partial charge in [0.05, 0.1) is 5.39 Å². The van der Waals surface area contributed by atoms with E-state index in [1.807, 2.05) is 6.92 Å². The van der Waals surface area contributed by atoms with E-state index in [9.17, 15) is 9.59 Å². The minimum absolute atomic E-state index is 0.137. The van der Waals surface area contributed by atoms with Crippen LogP contribution in [0.1, 0.15) is 44.7 Å². The Balaban J connectivity index is 2.59. The number of fused-ring (bicyclic) bond motifs is 1. The number of pyridine rings is 1. The molecule has 2 rings (SSSR count). The summed E-state index contributed by atoms with van der Waals surface area (Å²) in [6.45, 7) is 5.97. The fourth-order valence-corrected chi connectivity index (χ4v) is 2.32. The number of H-pyrrole nitrogens is 2. The highest BCUT2D eigenvalue weighted by molar-refractivity contribution is 5.77. The Morgan fingerprint density at radius 3 is 2.78 bits per heavy atom. The van der Waals surface area contributed by atoms with E-state index in [4.69, 9.17) is 0 Å². The van der Waals surface area contributed by atoms with Gasteiger partial charge in [0, 0.05) is 12.1 Å². The van der Waals surface area contributed by atoms with Gasteiger partial charge in [-0.2, -0.15) is 0 Å². The first-order chi connectivity index (χ1) is 8.54. The number of aromatic amines is 2. The summed E-state index contributed by atoms with van der Waals surface area (Å²) < 4.78 is 1.78. The molecule has 0 radical (unpaired) electrons. The highest BCUT2D eigenvalue weighted by Gasteiger charge is 2.14. The SMILES string of the molecule is CCCC[C@H](C)n1[nH]c(=O)c2c(C)cc(=O)[nH]c21. The molecule has 0 bridgehead atoms. The molecule has 0 aliphatic carbocycles. The molecule has 18 heavy (non-hydrogen) atoms. The maximum atomic E-state index is 11.9. The Hall–Kier alpha value is -1.78. The monoisotopic (exact) mass is 249 g/mol. The van der Waals surface area contributed by atoms with Gasteiger partial charge in [0.15, 0.2) is 0 Å². The van der Waals surface area contributed by atoms with Gasteiger partial charge in [-0.3, -0.25) is 19.4 Å². The third-order valence-corrected chi connectivity index (χ3v) is 3.33. The van der Waals surface area contributed by atoms with E-state index < -0.39 is 0 Å². The summed E-state index contributed by atoms with van der Waals surface area (Å²) in [5.41, 5.74) is 1.02. The van der Waals surface area contributed by atoms with Gasteiger partial charge in [0.1, 0.15) is 5.65 Å². The molecule has 0 spiro atoms. The van der Waals surface area contributed by atoms with Crippen LogP contribution < -0.4 is 11.1 Å². The molecule has 0 aliphatic heterocycles. The van der Waals surface area contributed by atoms with Crippen LogP contribution >= 0.6 is 0 Å². The summed E-state index contributed by atoms with van der Waals surface area (Å²) in [6, 6.07) is 1.63. The lowest BCUT2D eigenvalue weighted by Gasteiger charge is -2.13. The average molecular weight is 249 g/mol. The molecule has 0 saturated carbocycles. The number of hydrogen-bond donors (Lipinski definition) is 2. The number of rotatable bonds is 4. The zero-order valence-corrected chi connectivity index (χ0v) is 11.0. The van der Waals surface area contributed by atoms with E-state index in [0.29, 0.717) is 11.0 Å². The molecular weight excluding hydrogens is 230 g/mol. The maximum Gasteiger partial charge on any atom is 0.273 e. The number of hydrogen-bond acceptors (Lipinski definition) is 2. The van der Waals surface area contributed by atoms with Gasteiger partial charge in [-0.1, -0.05) is 19.8 Å². The number of nitrogens with zero attached hydrogens (tertiary/aromatic N) is 1. The van der Waals surface area contributed by atoms with E-state index in [1.165, 1.54) is 6.07 Å². The molecule has 0 aliphatic rings. The van der Waals surface area contributed by atoms with Crippen molar-refractivity contribution in [3.8, 4) is 0 Å². The lowest BCUT2D eigenvalue weighted by atomic mass is 10.1. The van der Waals surface area contributed by atoms with Crippen molar-refractivity contribution in [1.29, 1.82) is 0 Å². The van der Waals surface area contributed by atoms with Gasteiger partial charge < -0.3 is 4.98 Å². The minimum Gasteiger partial charge on any atom is -0.307 e. The molecule has 0 aromatic carbocycles. The second kappa shape index (κ2) is 4.84. The standard InChI is InChI=1S/C13H19N3O2/c1-4-5-6-9(3)16-12-11(13(18)15-16)8(2)7-10(17)14-12/h7,9H,4-6H2,1-3H3,(H,14,17)(H,15,18)/t9-/m0/s1. The Labute approximate surface area is 105 Å². The lowest BCUT2D eigenvalue weighted by molar-refractivity contribution is 0.451. The van der Waals surface area contributed by atoms with Crippen LogP contribution in [0.3, 0.4) is 0 Å². The van der Waals surface area contributed by atoms with Crippen LogP contribution in [0, 0.1) is 6.92 Å². The highest BCUT2D eigenvalue weighted by Crippen LogP contribution is 2.18. The van der Waals surface area contributed by atoms with E-state index >= 15 is 0 Å². The predicted molar refractivity (Wildman–Crippen MR) is 72.2 cm³/mol. The largest absolute Gasteiger partial charge is 0.307 e. The first-order valence-corrected chi connectivity index (χ1v) is 6.38. The summed E-state index contributed by atoms with van der Waals surface area (Å²) >= 11 is 0. The molecule has 2 heterocycles. The Morgan fingerprint density at radius 2 is 2.11 bits per heavy atom. The summed E-state index contributed by atoms with van der Waals surface area (Å²) in [4.78, 5) is 26.2. The molecule has 2 aromatic rings. The van der Waals surface area contributed by atoms with Crippen LogP contribution in [0.5, 0.6) is 0 Å². The number of aromatic nitrogens is 3. The number of nitrogens with one attached hydrogen (secondary N) is 2. The van der Waals surface area contributed by atoms with Crippen LogP contribution in [0.4, 0.5) is 0 Å². The number of aryl methyl sites for hydroxylation is 1. The molecule has 5 heteroatoms. The van der Waals surface area contributed by atoms with Crippen LogP contribution in [-0.2, 0) is 0 Å². The predicted octanol–water partition coefficient (Wildman–Crippen LogP) is 2.08. The summed E-state index contributed by atoms with van der Waals surface area (Å²) in [5.74, 6) is 0. The lowest BCUT2D eigenvalue weighted by Crippen LogP contribution is -2.12. The van der Waals surface area contributed by atoms with Crippen molar-refractivity contribution in [2.45, 2.75) is 46.1 Å². The molecule has 0 saturated heterocycles. The first kappa shape index (κ1) is 12.7. The van der Waals surface area contributed by atoms with E-state index in [2.05, 4.69) is 17.0 Å². The quantitative estimate of drug-likeness (QED) is 0.870. The molecule has 1 atom stereocenters. The third kappa shape index (κ3) is 2.12. The van der Waals surface area contributed by atoms with Gasteiger partial charge in [-0.15, -0.1) is 0 Å². The topological polar surface area (TPSA) is 70.7 Å². The molecule has 98 valence electrons. The Morgan fingerprint density at radius 1 is 1.39 bits per heavy atom. The normalized spacial score (nSPS) is 13.1. The van der Waals surface area contributed by atoms with E-state index in [-0.39, 0.29) is 17.2 Å². The second-order valence-corrected chi connectivity index (χ2v) is 4.84. The smallest absolute Gasteiger partial charge is 0.273 e. The van der Waals surface area contributed by atoms with Crippen LogP contribution in [-0.4, -0.2) is 14.8 Å². The Bertz CT molecular complexity index is 663. The van der Waals surface area contributed by atoms with Gasteiger partial charge in [0.2, 0.25) is 5.56 Å². The van der Waals surface area contributed by atoms with Gasteiger partial charge >= 0.3 is 0 Å². The van der Waals surface area contributed by atoms with E-state index in [1.54, 1.807) is 11.6 Å². The highest BCUT2D eigenvalue weighted by atomic mass is 16.1. The van der Waals surface area contributed by atoms with Gasteiger partial charge in [-0.25, -0.2) is 0 Å². The van der Waals surface area contributed by atoms with Gasteiger partial charge in [-0.05, 0) is 25.8 Å². The molecule has 0 unspecified atom stereocenters. The van der Waals surface area contributed by atoms with Crippen molar-refractivity contribution in [3.63, 3.8) is 0 Å². The van der Waals surface area contributed by atoms with Crippen molar-refractivity contribution in [1.82, 2.24) is 14.8 Å². The average Bonchev–Trinajstić information content (AvgIpc) is 2.63. The van der Waals surface area contributed by atoms with Crippen molar-refractivity contribution in [2.24, 2.45) is 0 Å². The molecule has 2 aromatic heterocycles. The Kier molecular flexibility index (Phi) is 3.41. The van der Waals surface area contributed by atoms with Gasteiger partial charge in [0.25, 0.3) is 5.56 Å². The molecular formula is C13H19N3O2. The van der Waals surface area contributed by atoms with Crippen molar-refractivity contribution < 1.29 is 0 Å². The zero-order chi connectivity index (χ0) is 13.3. The van der Waals surface area contributed by atoms with Crippen molar-refractivity contribution in [2.75, 3.05) is 0 Å². The van der Waals surface area contributed by atoms with E-state index in [0.717, 1.165) is 24.8 Å². The first-order valence-electron chi connectivity index (χ1n) is 6.38. The van der Waals surface area contributed by atoms with Crippen LogP contribution in [0.2, 0.25) is 0 Å². The molecule has 5 nitrogen and oxygen atoms in total. The fourth-order valence-electron chi connectivity index (χ4n) is 2.32. The third-order valence-electron chi connectivity index (χ3n) is 3.33. The molecule has 0 fully saturated rings. The van der Waals surface area contributed by atoms with Crippen LogP contribution in [0.15, 0.2) is 15.7 Å². The number of unbranched alkanes of at least 4 members (excludes halogenated alkanes) is 1. The molecule has 2 N–H and O–H groups in total. The summed E-state index contributed by atoms with van der Waals surface area (Å²) in [5, 5.41) is 3.40. The maximum absolute atomic E-state index is 11.9. The zero-order valence-electron chi connectivity index (χ0n) is 11.0. The van der Waals surface area contributed by atoms with Crippen molar-refractivity contribution in [3.05, 3.63) is 32.3 Å². The van der Waals surface area contributed by atoms with Crippen molar-refractivity contribution >= 4 is 11.0 Å². The fraction of sp³-hybridized carbons (Fsp3) is 0.538. The minimum atomic E-state index is -0.171.